The topological polar surface area (TPSA) is 45.9 Å². The number of rotatable bonds is 3. The average molecular weight is 303 g/mol. The summed E-state index contributed by atoms with van der Waals surface area (Å²) in [5, 5.41) is 8.59. The molecule has 0 unspecified atom stereocenters. The lowest BCUT2D eigenvalue weighted by molar-refractivity contribution is 0.459. The summed E-state index contributed by atoms with van der Waals surface area (Å²) in [6.45, 7) is 1.97. The van der Waals surface area contributed by atoms with Gasteiger partial charge in [0, 0.05) is 6.20 Å². The molecule has 0 saturated carbocycles. The van der Waals surface area contributed by atoms with Gasteiger partial charge in [-0.25, -0.2) is 4.98 Å². The van der Waals surface area contributed by atoms with Crippen molar-refractivity contribution in [1.29, 1.82) is 5.26 Å². The number of aromatic nitrogens is 1. The number of hydrogen-bond acceptors (Lipinski definition) is 3. The molecule has 1 heterocycles. The molecule has 2 rings (SSSR count). The second-order valence-corrected chi connectivity index (χ2v) is 4.73. The molecule has 0 amide bonds. The highest BCUT2D eigenvalue weighted by atomic mass is 79.9. The molecule has 0 aliphatic heterocycles. The van der Waals surface area contributed by atoms with Crippen LogP contribution in [0, 0.1) is 18.3 Å². The number of pyridine rings is 1. The molecule has 0 radical (unpaired) electrons. The van der Waals surface area contributed by atoms with Gasteiger partial charge in [-0.1, -0.05) is 12.1 Å². The fourth-order valence-corrected chi connectivity index (χ4v) is 2.02. The van der Waals surface area contributed by atoms with Gasteiger partial charge >= 0.3 is 0 Å². The van der Waals surface area contributed by atoms with Crippen LogP contribution < -0.4 is 4.74 Å². The molecular formula is C14H11BrN2O. The van der Waals surface area contributed by atoms with Crippen LogP contribution in [0.2, 0.25) is 0 Å². The molecular weight excluding hydrogens is 292 g/mol. The number of hydrogen-bond donors (Lipinski definition) is 0. The lowest BCUT2D eigenvalue weighted by Crippen LogP contribution is -1.90. The predicted molar refractivity (Wildman–Crippen MR) is 72.5 cm³/mol. The van der Waals surface area contributed by atoms with Crippen molar-refractivity contribution in [3.63, 3.8) is 0 Å². The Morgan fingerprint density at radius 1 is 1.33 bits per heavy atom. The Labute approximate surface area is 114 Å². The minimum absolute atomic E-state index is 0.409. The van der Waals surface area contributed by atoms with Gasteiger partial charge in [-0.05, 0) is 52.2 Å². The fraction of sp³-hybridized carbons (Fsp3) is 0.143. The van der Waals surface area contributed by atoms with Crippen LogP contribution in [0.25, 0.3) is 0 Å². The van der Waals surface area contributed by atoms with Gasteiger partial charge < -0.3 is 4.74 Å². The zero-order chi connectivity index (χ0) is 13.0. The smallest absolute Gasteiger partial charge is 0.233 e. The highest BCUT2D eigenvalue weighted by Crippen LogP contribution is 2.27. The average Bonchev–Trinajstić information content (AvgIpc) is 2.35. The van der Waals surface area contributed by atoms with Gasteiger partial charge in [0.05, 0.1) is 17.0 Å². The van der Waals surface area contributed by atoms with E-state index in [9.17, 15) is 0 Å². The van der Waals surface area contributed by atoms with E-state index < -0.39 is 0 Å². The van der Waals surface area contributed by atoms with Crippen molar-refractivity contribution >= 4 is 15.9 Å². The molecule has 18 heavy (non-hydrogen) atoms. The van der Waals surface area contributed by atoms with E-state index in [1.54, 1.807) is 6.20 Å². The van der Waals surface area contributed by atoms with Crippen LogP contribution in [0.15, 0.2) is 41.0 Å². The van der Waals surface area contributed by atoms with E-state index in [0.29, 0.717) is 18.1 Å². The van der Waals surface area contributed by atoms with E-state index in [-0.39, 0.29) is 0 Å². The summed E-state index contributed by atoms with van der Waals surface area (Å²) < 4.78 is 6.48. The van der Waals surface area contributed by atoms with Gasteiger partial charge in [-0.15, -0.1) is 0 Å². The lowest BCUT2D eigenvalue weighted by Gasteiger charge is -2.07. The van der Waals surface area contributed by atoms with Crippen molar-refractivity contribution in [3.05, 3.63) is 52.1 Å². The minimum atomic E-state index is 0.409. The Bertz CT molecular complexity index is 588. The van der Waals surface area contributed by atoms with Crippen molar-refractivity contribution < 1.29 is 4.74 Å². The van der Waals surface area contributed by atoms with Gasteiger partial charge in [-0.3, -0.25) is 0 Å². The predicted octanol–water partition coefficient (Wildman–Crippen LogP) is 4.01. The second-order valence-electron chi connectivity index (χ2n) is 3.88. The first-order valence-electron chi connectivity index (χ1n) is 5.45. The summed E-state index contributed by atoms with van der Waals surface area (Å²) in [6, 6.07) is 11.5. The maximum Gasteiger partial charge on any atom is 0.233 e. The Hall–Kier alpha value is -1.86. The molecule has 3 nitrogen and oxygen atoms in total. The van der Waals surface area contributed by atoms with Gasteiger partial charge in [0.1, 0.15) is 5.75 Å². The Morgan fingerprint density at radius 3 is 2.67 bits per heavy atom. The number of nitrogens with zero attached hydrogens (tertiary/aromatic N) is 2. The van der Waals surface area contributed by atoms with Crippen LogP contribution in [0.3, 0.4) is 0 Å². The summed E-state index contributed by atoms with van der Waals surface area (Å²) in [6.07, 6.45) is 2.16. The summed E-state index contributed by atoms with van der Waals surface area (Å²) in [7, 11) is 0. The van der Waals surface area contributed by atoms with Gasteiger partial charge in [0.25, 0.3) is 0 Å². The molecule has 4 heteroatoms. The van der Waals surface area contributed by atoms with E-state index >= 15 is 0 Å². The Morgan fingerprint density at radius 2 is 2.06 bits per heavy atom. The van der Waals surface area contributed by atoms with E-state index in [1.807, 2.05) is 37.3 Å². The molecule has 0 bridgehead atoms. The fourth-order valence-electron chi connectivity index (χ4n) is 1.47. The summed E-state index contributed by atoms with van der Waals surface area (Å²) in [5.41, 5.74) is 2.04. The molecule has 2 aromatic rings. The molecule has 0 spiro atoms. The van der Waals surface area contributed by atoms with E-state index in [1.165, 1.54) is 0 Å². The van der Waals surface area contributed by atoms with E-state index in [0.717, 1.165) is 15.6 Å². The van der Waals surface area contributed by atoms with Gasteiger partial charge in [-0.2, -0.15) is 5.26 Å². The van der Waals surface area contributed by atoms with Crippen LogP contribution in [0.1, 0.15) is 11.1 Å². The molecule has 0 atom stereocenters. The lowest BCUT2D eigenvalue weighted by atomic mass is 10.2. The zero-order valence-corrected chi connectivity index (χ0v) is 11.4. The Balaban J connectivity index is 2.16. The first kappa shape index (κ1) is 12.6. The zero-order valence-electron chi connectivity index (χ0n) is 9.85. The largest absolute Gasteiger partial charge is 0.438 e. The summed E-state index contributed by atoms with van der Waals surface area (Å²) in [5.74, 6) is 1.24. The standard InChI is InChI=1S/C14H11BrN2O/c1-10-8-13(15)14(17-9-10)18-12-4-2-11(3-5-12)6-7-16/h2-5,8-9H,6H2,1H3. The summed E-state index contributed by atoms with van der Waals surface area (Å²) >= 11 is 3.41. The molecule has 90 valence electrons. The van der Waals surface area contributed by atoms with E-state index in [2.05, 4.69) is 27.0 Å². The van der Waals surface area contributed by atoms with Crippen molar-refractivity contribution in [2.75, 3.05) is 0 Å². The molecule has 1 aromatic heterocycles. The monoisotopic (exact) mass is 302 g/mol. The molecule has 1 aromatic carbocycles. The molecule has 0 fully saturated rings. The first-order chi connectivity index (χ1) is 8.69. The van der Waals surface area contributed by atoms with Crippen LogP contribution >= 0.6 is 15.9 Å². The van der Waals surface area contributed by atoms with Crippen LogP contribution in [-0.4, -0.2) is 4.98 Å². The van der Waals surface area contributed by atoms with Crippen LogP contribution in [-0.2, 0) is 6.42 Å². The quantitative estimate of drug-likeness (QED) is 0.860. The summed E-state index contributed by atoms with van der Waals surface area (Å²) in [4.78, 5) is 4.21. The Kier molecular flexibility index (Phi) is 3.96. The highest BCUT2D eigenvalue weighted by molar-refractivity contribution is 9.10. The van der Waals surface area contributed by atoms with E-state index in [4.69, 9.17) is 10.00 Å². The van der Waals surface area contributed by atoms with Crippen molar-refractivity contribution in [2.45, 2.75) is 13.3 Å². The molecule has 0 N–H and O–H groups in total. The number of benzene rings is 1. The molecule has 0 aliphatic carbocycles. The van der Waals surface area contributed by atoms with Gasteiger partial charge in [0.15, 0.2) is 0 Å². The van der Waals surface area contributed by atoms with Gasteiger partial charge in [0.2, 0.25) is 5.88 Å². The minimum Gasteiger partial charge on any atom is -0.438 e. The van der Waals surface area contributed by atoms with Crippen molar-refractivity contribution in [1.82, 2.24) is 4.98 Å². The number of halogens is 1. The first-order valence-corrected chi connectivity index (χ1v) is 6.24. The maximum absolute atomic E-state index is 8.59. The molecule has 0 aliphatic rings. The normalized spacial score (nSPS) is 9.83. The molecule has 0 saturated heterocycles. The van der Waals surface area contributed by atoms with Crippen LogP contribution in [0.4, 0.5) is 0 Å². The SMILES string of the molecule is Cc1cnc(Oc2ccc(CC#N)cc2)c(Br)c1. The number of aryl methyl sites for hydroxylation is 1. The van der Waals surface area contributed by atoms with Crippen molar-refractivity contribution in [3.8, 4) is 17.7 Å². The third-order valence-corrected chi connectivity index (χ3v) is 2.93. The maximum atomic E-state index is 8.59. The number of ether oxygens (including phenoxy) is 1. The number of nitriles is 1. The van der Waals surface area contributed by atoms with Crippen LogP contribution in [0.5, 0.6) is 11.6 Å². The third-order valence-electron chi connectivity index (χ3n) is 2.37. The van der Waals surface area contributed by atoms with Crippen molar-refractivity contribution in [2.24, 2.45) is 0 Å². The second kappa shape index (κ2) is 5.65. The third kappa shape index (κ3) is 3.08. The highest BCUT2D eigenvalue weighted by Gasteiger charge is 2.04.